The van der Waals surface area contributed by atoms with Crippen LogP contribution in [-0.4, -0.2) is 63.5 Å². The van der Waals surface area contributed by atoms with E-state index in [0.717, 1.165) is 45.2 Å². The molecule has 0 radical (unpaired) electrons. The fourth-order valence-electron chi connectivity index (χ4n) is 3.70. The number of methoxy groups -OCH3 is 1. The van der Waals surface area contributed by atoms with Gasteiger partial charge in [0.05, 0.1) is 6.61 Å². The van der Waals surface area contributed by atoms with E-state index in [-0.39, 0.29) is 0 Å². The van der Waals surface area contributed by atoms with Crippen LogP contribution in [0.4, 0.5) is 0 Å². The molecule has 124 valence electrons. The van der Waals surface area contributed by atoms with Crippen LogP contribution in [0, 0.1) is 5.92 Å². The molecule has 1 N–H and O–H groups in total. The van der Waals surface area contributed by atoms with Gasteiger partial charge in [0.25, 0.3) is 0 Å². The molecular weight excluding hydrogens is 264 g/mol. The van der Waals surface area contributed by atoms with Crippen molar-refractivity contribution in [2.24, 2.45) is 5.92 Å². The molecule has 2 unspecified atom stereocenters. The molecular formula is C17H34N2O2. The Morgan fingerprint density at radius 2 is 1.90 bits per heavy atom. The van der Waals surface area contributed by atoms with E-state index in [9.17, 15) is 0 Å². The lowest BCUT2D eigenvalue weighted by molar-refractivity contribution is 0.0502. The molecule has 2 fully saturated rings. The summed E-state index contributed by atoms with van der Waals surface area (Å²) in [5, 5.41) is 3.79. The summed E-state index contributed by atoms with van der Waals surface area (Å²) < 4.78 is 10.8. The monoisotopic (exact) mass is 298 g/mol. The maximum absolute atomic E-state index is 5.73. The molecule has 1 saturated carbocycles. The lowest BCUT2D eigenvalue weighted by Gasteiger charge is -2.42. The Labute approximate surface area is 130 Å². The molecule has 1 aliphatic carbocycles. The van der Waals surface area contributed by atoms with E-state index in [4.69, 9.17) is 9.47 Å². The second kappa shape index (κ2) is 9.78. The van der Waals surface area contributed by atoms with E-state index < -0.39 is 0 Å². The molecule has 0 amide bonds. The third kappa shape index (κ3) is 5.85. The number of ether oxygens (including phenoxy) is 2. The fourth-order valence-corrected chi connectivity index (χ4v) is 3.70. The molecule has 2 aliphatic rings. The van der Waals surface area contributed by atoms with Gasteiger partial charge in [0, 0.05) is 52.0 Å². The second-order valence-electron chi connectivity index (χ2n) is 6.72. The van der Waals surface area contributed by atoms with Crippen LogP contribution < -0.4 is 5.32 Å². The molecule has 2 rings (SSSR count). The van der Waals surface area contributed by atoms with Crippen molar-refractivity contribution in [3.63, 3.8) is 0 Å². The van der Waals surface area contributed by atoms with E-state index >= 15 is 0 Å². The van der Waals surface area contributed by atoms with Crippen LogP contribution in [0.1, 0.15) is 45.4 Å². The van der Waals surface area contributed by atoms with Gasteiger partial charge in [0.1, 0.15) is 0 Å². The number of nitrogens with one attached hydrogen (secondary N) is 1. The first-order valence-corrected chi connectivity index (χ1v) is 8.85. The smallest absolute Gasteiger partial charge is 0.0593 e. The predicted octanol–water partition coefficient (Wildman–Crippen LogP) is 2.28. The summed E-state index contributed by atoms with van der Waals surface area (Å²) >= 11 is 0. The molecule has 0 aromatic carbocycles. The SMILES string of the molecule is COCCCOCCN1CC(C2CCCCC2)NCC1C. The van der Waals surface area contributed by atoms with Crippen LogP contribution in [-0.2, 0) is 9.47 Å². The first kappa shape index (κ1) is 17.2. The van der Waals surface area contributed by atoms with Crippen LogP contribution in [0.15, 0.2) is 0 Å². The molecule has 4 heteroatoms. The zero-order valence-corrected chi connectivity index (χ0v) is 14.0. The summed E-state index contributed by atoms with van der Waals surface area (Å²) in [5.74, 6) is 0.899. The standard InChI is InChI=1S/C17H34N2O2/c1-15-13-18-17(16-7-4-3-5-8-16)14-19(15)9-12-21-11-6-10-20-2/h15-18H,3-14H2,1-2H3. The number of nitrogens with zero attached hydrogens (tertiary/aromatic N) is 1. The van der Waals surface area contributed by atoms with Crippen molar-refractivity contribution < 1.29 is 9.47 Å². The Morgan fingerprint density at radius 3 is 2.67 bits per heavy atom. The summed E-state index contributed by atoms with van der Waals surface area (Å²) in [7, 11) is 1.74. The maximum Gasteiger partial charge on any atom is 0.0593 e. The van der Waals surface area contributed by atoms with Crippen molar-refractivity contribution in [3.05, 3.63) is 0 Å². The molecule has 1 heterocycles. The van der Waals surface area contributed by atoms with Gasteiger partial charge in [0.15, 0.2) is 0 Å². The first-order chi connectivity index (χ1) is 10.3. The van der Waals surface area contributed by atoms with Crippen LogP contribution in [0.25, 0.3) is 0 Å². The van der Waals surface area contributed by atoms with Crippen LogP contribution in [0.2, 0.25) is 0 Å². The van der Waals surface area contributed by atoms with Crippen LogP contribution in [0.5, 0.6) is 0 Å². The van der Waals surface area contributed by atoms with Gasteiger partial charge in [-0.3, -0.25) is 4.90 Å². The molecule has 1 saturated heterocycles. The molecule has 1 aliphatic heterocycles. The maximum atomic E-state index is 5.73. The minimum Gasteiger partial charge on any atom is -0.385 e. The molecule has 0 spiro atoms. The Hall–Kier alpha value is -0.160. The molecule has 21 heavy (non-hydrogen) atoms. The summed E-state index contributed by atoms with van der Waals surface area (Å²) in [4.78, 5) is 2.62. The molecule has 0 bridgehead atoms. The first-order valence-electron chi connectivity index (χ1n) is 8.85. The van der Waals surface area contributed by atoms with Crippen LogP contribution >= 0.6 is 0 Å². The topological polar surface area (TPSA) is 33.7 Å². The lowest BCUT2D eigenvalue weighted by Crippen LogP contribution is -2.58. The molecule has 0 aromatic heterocycles. The highest BCUT2D eigenvalue weighted by Gasteiger charge is 2.30. The highest BCUT2D eigenvalue weighted by Crippen LogP contribution is 2.28. The summed E-state index contributed by atoms with van der Waals surface area (Å²) in [6, 6.07) is 1.34. The van der Waals surface area contributed by atoms with Crippen molar-refractivity contribution in [2.45, 2.75) is 57.5 Å². The summed E-state index contributed by atoms with van der Waals surface area (Å²) in [5.41, 5.74) is 0. The number of hydrogen-bond donors (Lipinski definition) is 1. The average Bonchev–Trinajstić information content (AvgIpc) is 2.53. The molecule has 0 aromatic rings. The van der Waals surface area contributed by atoms with Crippen molar-refractivity contribution in [1.82, 2.24) is 10.2 Å². The van der Waals surface area contributed by atoms with Gasteiger partial charge in [-0.25, -0.2) is 0 Å². The Morgan fingerprint density at radius 1 is 1.10 bits per heavy atom. The zero-order valence-electron chi connectivity index (χ0n) is 14.0. The van der Waals surface area contributed by atoms with Crippen molar-refractivity contribution in [3.8, 4) is 0 Å². The Balaban J connectivity index is 1.65. The second-order valence-corrected chi connectivity index (χ2v) is 6.72. The van der Waals surface area contributed by atoms with Crippen molar-refractivity contribution in [2.75, 3.05) is 46.6 Å². The number of rotatable bonds is 8. The van der Waals surface area contributed by atoms with E-state index in [1.165, 1.54) is 38.6 Å². The third-order valence-electron chi connectivity index (χ3n) is 5.11. The lowest BCUT2D eigenvalue weighted by atomic mass is 9.82. The Bertz CT molecular complexity index is 270. The van der Waals surface area contributed by atoms with Gasteiger partial charge in [-0.05, 0) is 32.1 Å². The largest absolute Gasteiger partial charge is 0.385 e. The van der Waals surface area contributed by atoms with Crippen molar-refractivity contribution >= 4 is 0 Å². The van der Waals surface area contributed by atoms with Crippen LogP contribution in [0.3, 0.4) is 0 Å². The third-order valence-corrected chi connectivity index (χ3v) is 5.11. The predicted molar refractivity (Wildman–Crippen MR) is 86.7 cm³/mol. The highest BCUT2D eigenvalue weighted by molar-refractivity contribution is 4.89. The Kier molecular flexibility index (Phi) is 8.01. The van der Waals surface area contributed by atoms with E-state index in [1.54, 1.807) is 7.11 Å². The quantitative estimate of drug-likeness (QED) is 0.697. The minimum atomic E-state index is 0.632. The van der Waals surface area contributed by atoms with Gasteiger partial charge in [-0.1, -0.05) is 19.3 Å². The van der Waals surface area contributed by atoms with Gasteiger partial charge in [-0.2, -0.15) is 0 Å². The average molecular weight is 298 g/mol. The fraction of sp³-hybridized carbons (Fsp3) is 1.00. The van der Waals surface area contributed by atoms with E-state index in [0.29, 0.717) is 12.1 Å². The summed E-state index contributed by atoms with van der Waals surface area (Å²) in [6.07, 6.45) is 8.15. The minimum absolute atomic E-state index is 0.632. The number of hydrogen-bond acceptors (Lipinski definition) is 4. The van der Waals surface area contributed by atoms with Gasteiger partial charge >= 0.3 is 0 Å². The highest BCUT2D eigenvalue weighted by atomic mass is 16.5. The van der Waals surface area contributed by atoms with Gasteiger partial charge in [0.2, 0.25) is 0 Å². The van der Waals surface area contributed by atoms with Gasteiger partial charge < -0.3 is 14.8 Å². The molecule has 2 atom stereocenters. The van der Waals surface area contributed by atoms with Gasteiger partial charge in [-0.15, -0.1) is 0 Å². The molecule has 4 nitrogen and oxygen atoms in total. The van der Waals surface area contributed by atoms with E-state index in [2.05, 4.69) is 17.1 Å². The number of piperazine rings is 1. The summed E-state index contributed by atoms with van der Waals surface area (Å²) in [6.45, 7) is 8.20. The van der Waals surface area contributed by atoms with E-state index in [1.807, 2.05) is 0 Å². The van der Waals surface area contributed by atoms with Crippen molar-refractivity contribution in [1.29, 1.82) is 0 Å². The zero-order chi connectivity index (χ0) is 14.9. The normalized spacial score (nSPS) is 28.9.